The Kier molecular flexibility index (Phi) is 3.10. The maximum atomic E-state index is 13.5. The zero-order valence-electron chi connectivity index (χ0n) is 9.25. The van der Waals surface area contributed by atoms with Crippen LogP contribution in [-0.2, 0) is 0 Å². The summed E-state index contributed by atoms with van der Waals surface area (Å²) in [6, 6.07) is 3.04. The van der Waals surface area contributed by atoms with Crippen molar-refractivity contribution in [1.82, 2.24) is 10.3 Å². The Balaban J connectivity index is 2.23. The second kappa shape index (κ2) is 4.72. The number of benzene rings is 1. The molecule has 1 aromatic heterocycles. The van der Waals surface area contributed by atoms with Crippen molar-refractivity contribution in [3.63, 3.8) is 0 Å². The molecule has 98 valence electrons. The molecule has 0 bridgehead atoms. The summed E-state index contributed by atoms with van der Waals surface area (Å²) < 4.78 is 17.8. The highest BCUT2D eigenvalue weighted by Crippen LogP contribution is 2.17. The molecular weight excluding hydrogens is 259 g/mol. The molecule has 0 spiro atoms. The van der Waals surface area contributed by atoms with Gasteiger partial charge in [0, 0.05) is 0 Å². The van der Waals surface area contributed by atoms with E-state index in [1.54, 1.807) is 0 Å². The Labute approximate surface area is 105 Å². The smallest absolute Gasteiger partial charge is 0.335 e. The minimum absolute atomic E-state index is 0.211. The van der Waals surface area contributed by atoms with Crippen molar-refractivity contribution in [1.29, 1.82) is 0 Å². The summed E-state index contributed by atoms with van der Waals surface area (Å²) in [4.78, 5) is 22.2. The molecule has 0 saturated heterocycles. The van der Waals surface area contributed by atoms with Crippen molar-refractivity contribution in [2.24, 2.45) is 0 Å². The van der Waals surface area contributed by atoms with Crippen LogP contribution in [0.4, 0.5) is 15.9 Å². The molecule has 0 fully saturated rings. The molecule has 0 saturated carbocycles. The van der Waals surface area contributed by atoms with Crippen molar-refractivity contribution in [3.05, 3.63) is 35.3 Å². The van der Waals surface area contributed by atoms with Crippen molar-refractivity contribution >= 4 is 23.4 Å². The van der Waals surface area contributed by atoms with E-state index in [4.69, 9.17) is 10.8 Å². The molecular formula is C10H7FN4O4. The van der Waals surface area contributed by atoms with Gasteiger partial charge in [0.15, 0.2) is 0 Å². The van der Waals surface area contributed by atoms with Gasteiger partial charge >= 0.3 is 5.97 Å². The monoisotopic (exact) mass is 266 g/mol. The molecule has 2 aromatic rings. The topological polar surface area (TPSA) is 131 Å². The van der Waals surface area contributed by atoms with Crippen LogP contribution < -0.4 is 11.1 Å². The molecule has 1 aromatic carbocycles. The minimum Gasteiger partial charge on any atom is -0.478 e. The second-order valence-corrected chi connectivity index (χ2v) is 3.45. The zero-order valence-corrected chi connectivity index (χ0v) is 9.25. The maximum absolute atomic E-state index is 13.5. The Bertz CT molecular complexity index is 655. The maximum Gasteiger partial charge on any atom is 0.335 e. The summed E-state index contributed by atoms with van der Waals surface area (Å²) in [5, 5.41) is 17.3. The normalized spacial score (nSPS) is 10.2. The Morgan fingerprint density at radius 2 is 2.11 bits per heavy atom. The number of amides is 1. The van der Waals surface area contributed by atoms with Gasteiger partial charge < -0.3 is 16.2 Å². The van der Waals surface area contributed by atoms with Crippen LogP contribution in [0.2, 0.25) is 0 Å². The zero-order chi connectivity index (χ0) is 14.0. The molecule has 2 rings (SSSR count). The lowest BCUT2D eigenvalue weighted by Crippen LogP contribution is -2.15. The van der Waals surface area contributed by atoms with Crippen LogP contribution in [0, 0.1) is 5.82 Å². The highest BCUT2D eigenvalue weighted by molar-refractivity contribution is 6.05. The van der Waals surface area contributed by atoms with Gasteiger partial charge in [-0.15, -0.1) is 0 Å². The Morgan fingerprint density at radius 1 is 1.37 bits per heavy atom. The first-order valence-corrected chi connectivity index (χ1v) is 4.91. The lowest BCUT2D eigenvalue weighted by atomic mass is 10.2. The molecule has 0 atom stereocenters. The number of halogens is 1. The lowest BCUT2D eigenvalue weighted by Gasteiger charge is -2.05. The van der Waals surface area contributed by atoms with Crippen LogP contribution >= 0.6 is 0 Å². The van der Waals surface area contributed by atoms with E-state index >= 15 is 0 Å². The molecule has 0 unspecified atom stereocenters. The van der Waals surface area contributed by atoms with E-state index in [1.807, 2.05) is 0 Å². The van der Waals surface area contributed by atoms with Gasteiger partial charge in [0.25, 0.3) is 5.91 Å². The number of nitrogens with one attached hydrogen (secondary N) is 1. The van der Waals surface area contributed by atoms with Gasteiger partial charge in [0.1, 0.15) is 5.82 Å². The van der Waals surface area contributed by atoms with Crippen LogP contribution in [0.5, 0.6) is 0 Å². The summed E-state index contributed by atoms with van der Waals surface area (Å²) in [6.07, 6.45) is 0. The summed E-state index contributed by atoms with van der Waals surface area (Å²) in [6.45, 7) is 0. The van der Waals surface area contributed by atoms with Crippen molar-refractivity contribution in [2.75, 3.05) is 11.1 Å². The van der Waals surface area contributed by atoms with Crippen LogP contribution in [0.25, 0.3) is 0 Å². The number of carbonyl (C=O) groups excluding carboxylic acids is 1. The van der Waals surface area contributed by atoms with Gasteiger partial charge in [0.05, 0.1) is 11.3 Å². The molecule has 0 aliphatic rings. The number of anilines is 2. The number of rotatable bonds is 3. The Hall–Kier alpha value is -2.97. The van der Waals surface area contributed by atoms with E-state index in [0.717, 1.165) is 18.2 Å². The molecule has 0 radical (unpaired) electrons. The number of nitrogens with zero attached hydrogens (tertiary/aromatic N) is 2. The highest BCUT2D eigenvalue weighted by Gasteiger charge is 2.18. The standard InChI is InChI=1S/C10H7FN4O4/c11-5-3-4(10(17)18)1-2-6(5)13-9(16)7-8(12)15-19-14-7/h1-3H,(H2,12,15)(H,13,16)(H,17,18). The van der Waals surface area contributed by atoms with E-state index in [1.165, 1.54) is 0 Å². The number of carboxylic acid groups (broad SMARTS) is 1. The molecule has 1 amide bonds. The van der Waals surface area contributed by atoms with Gasteiger partial charge in [-0.2, -0.15) is 0 Å². The second-order valence-electron chi connectivity index (χ2n) is 3.45. The van der Waals surface area contributed by atoms with E-state index in [-0.39, 0.29) is 22.8 Å². The first-order valence-electron chi connectivity index (χ1n) is 4.91. The van der Waals surface area contributed by atoms with Gasteiger partial charge in [-0.05, 0) is 28.5 Å². The van der Waals surface area contributed by atoms with E-state index < -0.39 is 17.7 Å². The molecule has 8 nitrogen and oxygen atoms in total. The van der Waals surface area contributed by atoms with E-state index in [2.05, 4.69) is 20.3 Å². The fourth-order valence-corrected chi connectivity index (χ4v) is 1.28. The SMILES string of the molecule is Nc1nonc1C(=O)Nc1ccc(C(=O)O)cc1F. The number of aromatic carboxylic acids is 1. The fourth-order valence-electron chi connectivity index (χ4n) is 1.28. The van der Waals surface area contributed by atoms with Crippen LogP contribution in [-0.4, -0.2) is 27.3 Å². The first-order chi connectivity index (χ1) is 8.99. The quantitative estimate of drug-likeness (QED) is 0.746. The average Bonchev–Trinajstić information content (AvgIpc) is 2.77. The van der Waals surface area contributed by atoms with E-state index in [0.29, 0.717) is 0 Å². The number of carbonyl (C=O) groups is 2. The van der Waals surface area contributed by atoms with Crippen molar-refractivity contribution in [2.45, 2.75) is 0 Å². The first kappa shape index (κ1) is 12.5. The highest BCUT2D eigenvalue weighted by atomic mass is 19.1. The third kappa shape index (κ3) is 2.49. The molecule has 0 aliphatic heterocycles. The van der Waals surface area contributed by atoms with Crippen molar-refractivity contribution < 1.29 is 23.7 Å². The number of hydrogen-bond donors (Lipinski definition) is 3. The number of aromatic nitrogens is 2. The van der Waals surface area contributed by atoms with Crippen LogP contribution in [0.3, 0.4) is 0 Å². The third-order valence-electron chi connectivity index (χ3n) is 2.19. The summed E-state index contributed by atoms with van der Waals surface area (Å²) in [5.74, 6) is -3.23. The molecule has 19 heavy (non-hydrogen) atoms. The van der Waals surface area contributed by atoms with Crippen molar-refractivity contribution in [3.8, 4) is 0 Å². The van der Waals surface area contributed by atoms with Crippen LogP contribution in [0.1, 0.15) is 20.8 Å². The molecule has 4 N–H and O–H groups in total. The summed E-state index contributed by atoms with van der Waals surface area (Å²) >= 11 is 0. The van der Waals surface area contributed by atoms with E-state index in [9.17, 15) is 14.0 Å². The van der Waals surface area contributed by atoms with Gasteiger partial charge in [-0.3, -0.25) is 4.79 Å². The largest absolute Gasteiger partial charge is 0.478 e. The predicted molar refractivity (Wildman–Crippen MR) is 60.0 cm³/mol. The number of nitrogen functional groups attached to an aromatic ring is 1. The molecule has 1 heterocycles. The predicted octanol–water partition coefficient (Wildman–Crippen LogP) is 0.741. The fraction of sp³-hybridized carbons (Fsp3) is 0. The minimum atomic E-state index is -1.28. The van der Waals surface area contributed by atoms with Gasteiger partial charge in [-0.1, -0.05) is 0 Å². The number of carboxylic acids is 1. The number of hydrogen-bond acceptors (Lipinski definition) is 6. The average molecular weight is 266 g/mol. The lowest BCUT2D eigenvalue weighted by molar-refractivity contribution is 0.0696. The molecule has 9 heteroatoms. The number of nitrogens with two attached hydrogens (primary N) is 1. The Morgan fingerprint density at radius 3 is 2.63 bits per heavy atom. The summed E-state index contributed by atoms with van der Waals surface area (Å²) in [5.41, 5.74) is 4.56. The van der Waals surface area contributed by atoms with Crippen LogP contribution in [0.15, 0.2) is 22.8 Å². The third-order valence-corrected chi connectivity index (χ3v) is 2.19. The molecule has 0 aliphatic carbocycles. The van der Waals surface area contributed by atoms with Gasteiger partial charge in [-0.25, -0.2) is 13.8 Å². The summed E-state index contributed by atoms with van der Waals surface area (Å²) in [7, 11) is 0. The van der Waals surface area contributed by atoms with Gasteiger partial charge in [0.2, 0.25) is 11.5 Å².